The fraction of sp³-hybridized carbons (Fsp3) is 0.667. The van der Waals surface area contributed by atoms with Crippen molar-refractivity contribution in [1.29, 1.82) is 0 Å². The molecule has 0 spiro atoms. The first-order valence-corrected chi connectivity index (χ1v) is 3.73. The van der Waals surface area contributed by atoms with E-state index < -0.39 is 10.8 Å². The van der Waals surface area contributed by atoms with Gasteiger partial charge in [0.15, 0.2) is 0 Å². The molecule has 0 aromatic heterocycles. The number of hydrogen-bond acceptors (Lipinski definition) is 1. The van der Waals surface area contributed by atoms with E-state index in [1.54, 1.807) is 0 Å². The lowest BCUT2D eigenvalue weighted by atomic mass is 10.3. The lowest BCUT2D eigenvalue weighted by molar-refractivity contribution is 0.656. The monoisotopic (exact) mass is 132 g/mol. The van der Waals surface area contributed by atoms with Gasteiger partial charge in [0.25, 0.3) is 0 Å². The molecule has 48 valence electrons. The average Bonchev–Trinajstić information content (AvgIpc) is 1.62. The second kappa shape index (κ2) is 2.44. The molecule has 0 saturated carbocycles. The molecule has 0 fully saturated rings. The van der Waals surface area contributed by atoms with Crippen molar-refractivity contribution in [3.05, 3.63) is 12.0 Å². The first-order valence-electron chi connectivity index (χ1n) is 2.51. The van der Waals surface area contributed by atoms with Gasteiger partial charge in [-0.2, -0.15) is 0 Å². The van der Waals surface area contributed by atoms with Crippen LogP contribution in [0.25, 0.3) is 0 Å². The highest BCUT2D eigenvalue weighted by Gasteiger charge is 2.15. The van der Waals surface area contributed by atoms with Gasteiger partial charge in [0.05, 0.1) is 10.8 Å². The Balaban J connectivity index is 4.02. The largest absolute Gasteiger partial charge is 0.254 e. The molecule has 0 aromatic rings. The Kier molecular flexibility index (Phi) is 2.41. The highest BCUT2D eigenvalue weighted by atomic mass is 32.2. The quantitative estimate of drug-likeness (QED) is 0.530. The summed E-state index contributed by atoms with van der Waals surface area (Å²) in [6, 6.07) is 0. The van der Waals surface area contributed by atoms with Gasteiger partial charge >= 0.3 is 0 Å². The Morgan fingerprint density at radius 1 is 1.50 bits per heavy atom. The van der Waals surface area contributed by atoms with Crippen LogP contribution in [-0.2, 0) is 10.8 Å². The van der Waals surface area contributed by atoms with Crippen LogP contribution in [0.5, 0.6) is 0 Å². The van der Waals surface area contributed by atoms with Crippen LogP contribution in [-0.4, -0.2) is 8.96 Å². The molecule has 0 bridgehead atoms. The lowest BCUT2D eigenvalue weighted by Crippen LogP contribution is -2.18. The minimum Gasteiger partial charge on any atom is -0.254 e. The summed E-state index contributed by atoms with van der Waals surface area (Å²) in [5.74, 6) is 0. The van der Waals surface area contributed by atoms with E-state index in [0.29, 0.717) is 0 Å². The van der Waals surface area contributed by atoms with Gasteiger partial charge in [-0.1, -0.05) is 6.58 Å². The zero-order valence-corrected chi connectivity index (χ0v) is 6.42. The Hall–Kier alpha value is -0.110. The van der Waals surface area contributed by atoms with Crippen LogP contribution < -0.4 is 0 Å². The average molecular weight is 132 g/mol. The minimum atomic E-state index is -0.880. The molecule has 0 aliphatic rings. The molecule has 0 rings (SSSR count). The predicted molar refractivity (Wildman–Crippen MR) is 38.1 cm³/mol. The summed E-state index contributed by atoms with van der Waals surface area (Å²) in [5.41, 5.74) is 0. The van der Waals surface area contributed by atoms with Crippen LogP contribution in [0.1, 0.15) is 20.8 Å². The van der Waals surface area contributed by atoms with Gasteiger partial charge < -0.3 is 0 Å². The third-order valence-corrected chi connectivity index (χ3v) is 2.26. The van der Waals surface area contributed by atoms with Crippen molar-refractivity contribution >= 4 is 10.8 Å². The molecule has 0 aliphatic heterocycles. The van der Waals surface area contributed by atoms with Crippen LogP contribution >= 0.6 is 0 Å². The molecule has 0 aliphatic carbocycles. The first-order chi connectivity index (χ1) is 3.48. The minimum absolute atomic E-state index is 0.137. The maximum atomic E-state index is 10.8. The fourth-order valence-electron chi connectivity index (χ4n) is 0.250. The molecular formula is C6H12OS. The summed E-state index contributed by atoms with van der Waals surface area (Å²) in [4.78, 5) is 0. The van der Waals surface area contributed by atoms with Crippen molar-refractivity contribution in [2.45, 2.75) is 25.5 Å². The normalized spacial score (nSPS) is 15.4. The van der Waals surface area contributed by atoms with Crippen molar-refractivity contribution in [3.8, 4) is 0 Å². The van der Waals surface area contributed by atoms with Gasteiger partial charge in [-0.15, -0.1) is 0 Å². The van der Waals surface area contributed by atoms with Gasteiger partial charge in [0.1, 0.15) is 0 Å². The van der Waals surface area contributed by atoms with Crippen molar-refractivity contribution < 1.29 is 4.21 Å². The van der Waals surface area contributed by atoms with Crippen molar-refractivity contribution in [2.75, 3.05) is 0 Å². The second-order valence-corrected chi connectivity index (χ2v) is 4.73. The van der Waals surface area contributed by atoms with E-state index >= 15 is 0 Å². The van der Waals surface area contributed by atoms with Gasteiger partial charge in [0.2, 0.25) is 0 Å². The van der Waals surface area contributed by atoms with Gasteiger partial charge in [0, 0.05) is 4.75 Å². The van der Waals surface area contributed by atoms with Crippen LogP contribution in [0.15, 0.2) is 12.0 Å². The molecule has 1 atom stereocenters. The molecule has 0 aromatic carbocycles. The molecule has 1 nitrogen and oxygen atoms in total. The molecule has 0 heterocycles. The van der Waals surface area contributed by atoms with Gasteiger partial charge in [-0.25, -0.2) is 0 Å². The summed E-state index contributed by atoms with van der Waals surface area (Å²) >= 11 is 0. The van der Waals surface area contributed by atoms with Crippen LogP contribution in [0, 0.1) is 0 Å². The molecule has 0 amide bonds. The van der Waals surface area contributed by atoms with Crippen LogP contribution in [0.3, 0.4) is 0 Å². The highest BCUT2D eigenvalue weighted by Crippen LogP contribution is 2.10. The summed E-state index contributed by atoms with van der Waals surface area (Å²) < 4.78 is 10.7. The van der Waals surface area contributed by atoms with Gasteiger partial charge in [-0.05, 0) is 26.2 Å². The first kappa shape index (κ1) is 7.89. The Labute approximate surface area is 53.2 Å². The van der Waals surface area contributed by atoms with E-state index in [9.17, 15) is 4.21 Å². The molecule has 0 radical (unpaired) electrons. The van der Waals surface area contributed by atoms with E-state index in [0.717, 1.165) is 0 Å². The van der Waals surface area contributed by atoms with Crippen molar-refractivity contribution in [3.63, 3.8) is 0 Å². The third kappa shape index (κ3) is 2.26. The van der Waals surface area contributed by atoms with Crippen molar-refractivity contribution in [1.82, 2.24) is 0 Å². The second-order valence-electron chi connectivity index (χ2n) is 2.58. The fourth-order valence-corrected chi connectivity index (χ4v) is 0.750. The highest BCUT2D eigenvalue weighted by molar-refractivity contribution is 7.89. The molecule has 8 heavy (non-hydrogen) atoms. The molecule has 0 unspecified atom stereocenters. The summed E-state index contributed by atoms with van der Waals surface area (Å²) in [7, 11) is -0.880. The lowest BCUT2D eigenvalue weighted by Gasteiger charge is -2.13. The zero-order valence-electron chi connectivity index (χ0n) is 5.60. The standard InChI is InChI=1S/C6H12OS/c1-5-8(7)6(2,3)4/h5H,1H2,2-4H3/t8-/m1/s1. The summed E-state index contributed by atoms with van der Waals surface area (Å²) in [5, 5.41) is 1.47. The Morgan fingerprint density at radius 2 is 1.88 bits per heavy atom. The zero-order chi connectivity index (χ0) is 6.78. The number of rotatable bonds is 1. The maximum Gasteiger partial charge on any atom is 0.0504 e. The van der Waals surface area contributed by atoms with E-state index in [2.05, 4.69) is 6.58 Å². The van der Waals surface area contributed by atoms with Crippen molar-refractivity contribution in [2.24, 2.45) is 0 Å². The number of hydrogen-bond donors (Lipinski definition) is 0. The molecular weight excluding hydrogens is 120 g/mol. The SMILES string of the molecule is C=C[S@@](=O)C(C)(C)C. The topological polar surface area (TPSA) is 17.1 Å². The molecule has 0 saturated heterocycles. The van der Waals surface area contributed by atoms with E-state index in [1.165, 1.54) is 5.41 Å². The maximum absolute atomic E-state index is 10.8. The van der Waals surface area contributed by atoms with E-state index in [-0.39, 0.29) is 4.75 Å². The van der Waals surface area contributed by atoms with Crippen LogP contribution in [0.2, 0.25) is 0 Å². The Morgan fingerprint density at radius 3 is 1.88 bits per heavy atom. The Bertz CT molecular complexity index is 110. The van der Waals surface area contributed by atoms with E-state index in [1.807, 2.05) is 20.8 Å². The predicted octanol–water partition coefficient (Wildman–Crippen LogP) is 1.68. The smallest absolute Gasteiger partial charge is 0.0504 e. The molecule has 0 N–H and O–H groups in total. The third-order valence-electron chi connectivity index (χ3n) is 0.755. The summed E-state index contributed by atoms with van der Waals surface area (Å²) in [6.07, 6.45) is 0. The van der Waals surface area contributed by atoms with E-state index in [4.69, 9.17) is 0 Å². The van der Waals surface area contributed by atoms with Gasteiger partial charge in [-0.3, -0.25) is 4.21 Å². The molecule has 2 heteroatoms. The summed E-state index contributed by atoms with van der Waals surface area (Å²) in [6.45, 7) is 9.19. The van der Waals surface area contributed by atoms with Crippen LogP contribution in [0.4, 0.5) is 0 Å².